The van der Waals surface area contributed by atoms with Crippen molar-refractivity contribution in [2.24, 2.45) is 0 Å². The van der Waals surface area contributed by atoms with Crippen LogP contribution in [0.3, 0.4) is 0 Å². The largest absolute Gasteiger partial charge is 0.485 e. The van der Waals surface area contributed by atoms with Crippen molar-refractivity contribution in [3.8, 4) is 23.4 Å². The topological polar surface area (TPSA) is 84.7 Å². The molecule has 3 aromatic rings. The lowest BCUT2D eigenvalue weighted by Crippen LogP contribution is -2.28. The highest BCUT2D eigenvalue weighted by Gasteiger charge is 2.33. The zero-order chi connectivity index (χ0) is 25.7. The molecule has 0 saturated carbocycles. The molecule has 2 heterocycles. The molecule has 0 aliphatic carbocycles. The summed E-state index contributed by atoms with van der Waals surface area (Å²) in [7, 11) is 0. The van der Waals surface area contributed by atoms with Crippen molar-refractivity contribution in [3.05, 3.63) is 89.0 Å². The average Bonchev–Trinajstić information content (AvgIpc) is 3.37. The van der Waals surface area contributed by atoms with Gasteiger partial charge in [-0.2, -0.15) is 23.4 Å². The summed E-state index contributed by atoms with van der Waals surface area (Å²) in [6.45, 7) is 1.78. The Morgan fingerprint density at radius 3 is 2.61 bits per heavy atom. The van der Waals surface area contributed by atoms with Gasteiger partial charge in [-0.3, -0.25) is 0 Å². The van der Waals surface area contributed by atoms with Gasteiger partial charge in [0.25, 0.3) is 11.8 Å². The predicted molar refractivity (Wildman–Crippen MR) is 123 cm³/mol. The molecule has 0 radical (unpaired) electrons. The third-order valence-corrected chi connectivity index (χ3v) is 5.24. The predicted octanol–water partition coefficient (Wildman–Crippen LogP) is 5.40. The first kappa shape index (κ1) is 24.6. The average molecular weight is 495 g/mol. The molecule has 1 aliphatic heterocycles. The van der Waals surface area contributed by atoms with Gasteiger partial charge in [-0.1, -0.05) is 36.4 Å². The van der Waals surface area contributed by atoms with E-state index in [1.54, 1.807) is 6.92 Å². The van der Waals surface area contributed by atoms with Gasteiger partial charge in [0.05, 0.1) is 18.2 Å². The number of ether oxygens (including phenoxy) is 3. The first-order valence-electron chi connectivity index (χ1n) is 11.0. The maximum Gasteiger partial charge on any atom is 0.354 e. The van der Waals surface area contributed by atoms with Gasteiger partial charge in [0.2, 0.25) is 11.6 Å². The highest BCUT2D eigenvalue weighted by atomic mass is 19.2. The van der Waals surface area contributed by atoms with Crippen LogP contribution in [-0.2, 0) is 16.1 Å². The maximum atomic E-state index is 15.5. The number of hydrogen-bond donors (Lipinski definition) is 0. The summed E-state index contributed by atoms with van der Waals surface area (Å²) in [5, 5.41) is 9.27. The summed E-state index contributed by atoms with van der Waals surface area (Å²) >= 11 is 0. The van der Waals surface area contributed by atoms with Crippen molar-refractivity contribution in [2.45, 2.75) is 20.0 Å². The Balaban J connectivity index is 1.69. The van der Waals surface area contributed by atoms with Gasteiger partial charge in [-0.05, 0) is 31.0 Å². The minimum Gasteiger partial charge on any atom is -0.485 e. The minimum absolute atomic E-state index is 0.0141. The highest BCUT2D eigenvalue weighted by molar-refractivity contribution is 5.93. The molecule has 7 nitrogen and oxygen atoms in total. The number of carbonyl (C=O) groups is 1. The van der Waals surface area contributed by atoms with Crippen molar-refractivity contribution in [2.75, 3.05) is 18.1 Å². The molecule has 0 atom stereocenters. The van der Waals surface area contributed by atoms with E-state index < -0.39 is 35.1 Å². The smallest absolute Gasteiger partial charge is 0.354 e. The number of anilines is 1. The van der Waals surface area contributed by atoms with E-state index in [0.29, 0.717) is 0 Å². The van der Waals surface area contributed by atoms with Crippen LogP contribution in [-0.4, -0.2) is 24.1 Å². The number of nitrogens with zero attached hydrogens (tertiary/aromatic N) is 3. The van der Waals surface area contributed by atoms with Crippen LogP contribution in [0.1, 0.15) is 24.5 Å². The van der Waals surface area contributed by atoms with Gasteiger partial charge < -0.3 is 19.1 Å². The number of halogens is 3. The molecule has 0 unspecified atom stereocenters. The third-order valence-electron chi connectivity index (χ3n) is 5.24. The van der Waals surface area contributed by atoms with Crippen molar-refractivity contribution in [1.29, 1.82) is 5.26 Å². The van der Waals surface area contributed by atoms with Crippen LogP contribution in [0.15, 0.2) is 60.3 Å². The van der Waals surface area contributed by atoms with E-state index in [1.165, 1.54) is 24.3 Å². The van der Waals surface area contributed by atoms with E-state index in [4.69, 9.17) is 14.2 Å². The molecule has 0 fully saturated rings. The number of rotatable bonds is 8. The van der Waals surface area contributed by atoms with E-state index in [0.717, 1.165) is 10.5 Å². The van der Waals surface area contributed by atoms with Crippen LogP contribution in [0.2, 0.25) is 0 Å². The van der Waals surface area contributed by atoms with Gasteiger partial charge >= 0.3 is 5.97 Å². The fraction of sp³-hybridized carbons (Fsp3) is 0.192. The van der Waals surface area contributed by atoms with E-state index in [2.05, 4.69) is 4.98 Å². The van der Waals surface area contributed by atoms with Gasteiger partial charge in [-0.15, -0.1) is 0 Å². The molecule has 0 spiro atoms. The molecule has 2 aromatic carbocycles. The number of benzene rings is 2. The van der Waals surface area contributed by atoms with E-state index in [1.807, 2.05) is 36.4 Å². The normalized spacial score (nSPS) is 12.6. The second-order valence-electron chi connectivity index (χ2n) is 7.58. The zero-order valence-electron chi connectivity index (χ0n) is 19.1. The summed E-state index contributed by atoms with van der Waals surface area (Å²) in [4.78, 5) is 16.5. The number of nitriles is 1. The highest BCUT2D eigenvalue weighted by Crippen LogP contribution is 2.39. The fourth-order valence-corrected chi connectivity index (χ4v) is 3.60. The Bertz CT molecular complexity index is 1360. The van der Waals surface area contributed by atoms with Crippen LogP contribution in [0, 0.1) is 28.9 Å². The molecule has 1 aliphatic rings. The number of pyridine rings is 1. The number of hydrogen-bond acceptors (Lipinski definition) is 7. The number of carbonyl (C=O) groups excluding carboxylic acids is 1. The summed E-state index contributed by atoms with van der Waals surface area (Å²) in [5.74, 6) is -6.23. The molecule has 184 valence electrons. The molecule has 0 bridgehead atoms. The molecule has 1 aromatic heterocycles. The van der Waals surface area contributed by atoms with Crippen molar-refractivity contribution in [3.63, 3.8) is 0 Å². The van der Waals surface area contributed by atoms with E-state index in [-0.39, 0.29) is 48.9 Å². The van der Waals surface area contributed by atoms with Gasteiger partial charge in [0, 0.05) is 12.6 Å². The second-order valence-corrected chi connectivity index (χ2v) is 7.58. The molecule has 36 heavy (non-hydrogen) atoms. The summed E-state index contributed by atoms with van der Waals surface area (Å²) in [5.41, 5.74) is 0.0361. The fourth-order valence-electron chi connectivity index (χ4n) is 3.60. The van der Waals surface area contributed by atoms with Crippen molar-refractivity contribution < 1.29 is 32.2 Å². The van der Waals surface area contributed by atoms with Gasteiger partial charge in [0.15, 0.2) is 11.5 Å². The molecule has 0 saturated heterocycles. The summed E-state index contributed by atoms with van der Waals surface area (Å²) in [6.07, 6.45) is 1.73. The second kappa shape index (κ2) is 10.8. The molecule has 0 amide bonds. The molecule has 4 rings (SSSR count). The van der Waals surface area contributed by atoms with Crippen LogP contribution < -0.4 is 14.4 Å². The van der Waals surface area contributed by atoms with Gasteiger partial charge in [0.1, 0.15) is 18.0 Å². The molecular formula is C26H20F3N3O4. The minimum atomic E-state index is -1.63. The SMILES string of the molecule is CCOC(=O)C1=CCCN1c1c(F)c(F)nc(Oc2cc(C#N)ccc2OCc2ccccc2)c1F. The Morgan fingerprint density at radius 1 is 1.11 bits per heavy atom. The summed E-state index contributed by atoms with van der Waals surface area (Å²) < 4.78 is 61.0. The number of esters is 1. The van der Waals surface area contributed by atoms with Crippen LogP contribution in [0.25, 0.3) is 0 Å². The van der Waals surface area contributed by atoms with Crippen LogP contribution in [0.5, 0.6) is 17.4 Å². The maximum absolute atomic E-state index is 15.5. The lowest BCUT2D eigenvalue weighted by atomic mass is 10.2. The summed E-state index contributed by atoms with van der Waals surface area (Å²) in [6, 6.07) is 15.3. The Hall–Kier alpha value is -4.52. The lowest BCUT2D eigenvalue weighted by Gasteiger charge is -2.23. The number of aromatic nitrogens is 1. The first-order chi connectivity index (χ1) is 17.4. The van der Waals surface area contributed by atoms with Crippen molar-refractivity contribution >= 4 is 11.7 Å². The lowest BCUT2D eigenvalue weighted by molar-refractivity contribution is -0.138. The first-order valence-corrected chi connectivity index (χ1v) is 11.0. The Labute approximate surface area is 205 Å². The Kier molecular flexibility index (Phi) is 7.39. The van der Waals surface area contributed by atoms with Crippen molar-refractivity contribution in [1.82, 2.24) is 4.98 Å². The van der Waals surface area contributed by atoms with E-state index >= 15 is 4.39 Å². The quantitative estimate of drug-likeness (QED) is 0.306. The molecular weight excluding hydrogens is 475 g/mol. The van der Waals surface area contributed by atoms with Gasteiger partial charge in [-0.25, -0.2) is 4.79 Å². The standard InChI is InChI=1S/C26H20F3N3O4/c1-2-34-26(33)18-9-6-12-32(18)23-21(27)24(29)31-25(22(23)28)36-20-13-17(14-30)10-11-19(20)35-15-16-7-4-3-5-8-16/h3-5,7-11,13H,2,6,12,15H2,1H3. The van der Waals surface area contributed by atoms with E-state index in [9.17, 15) is 18.8 Å². The zero-order valence-corrected chi connectivity index (χ0v) is 19.1. The van der Waals surface area contributed by atoms with Crippen LogP contribution in [0.4, 0.5) is 18.9 Å². The molecule has 0 N–H and O–H groups in total. The third kappa shape index (κ3) is 5.10. The monoisotopic (exact) mass is 495 g/mol. The molecule has 10 heteroatoms. The van der Waals surface area contributed by atoms with Crippen LogP contribution >= 0.6 is 0 Å². The Morgan fingerprint density at radius 2 is 1.89 bits per heavy atom.